The lowest BCUT2D eigenvalue weighted by Crippen LogP contribution is -2.28. The summed E-state index contributed by atoms with van der Waals surface area (Å²) in [4.78, 5) is 2.46. The molecule has 53 heavy (non-hydrogen) atoms. The van der Waals surface area contributed by atoms with Gasteiger partial charge in [0.25, 0.3) is 0 Å². The molecule has 250 valence electrons. The van der Waals surface area contributed by atoms with Gasteiger partial charge in [0.1, 0.15) is 11.2 Å². The third-order valence-corrected chi connectivity index (χ3v) is 11.6. The predicted octanol–water partition coefficient (Wildman–Crippen LogP) is 13.5. The summed E-state index contributed by atoms with van der Waals surface area (Å²) in [5.74, 6) is 0. The Morgan fingerprint density at radius 1 is 0.472 bits per heavy atom. The average molecular weight is 678 g/mol. The highest BCUT2D eigenvalue weighted by atomic mass is 16.3. The van der Waals surface area contributed by atoms with Crippen molar-refractivity contribution in [2.45, 2.75) is 18.3 Å². The molecule has 1 heterocycles. The second kappa shape index (κ2) is 11.7. The monoisotopic (exact) mass is 677 g/mol. The number of aryl methyl sites for hydroxylation is 1. The summed E-state index contributed by atoms with van der Waals surface area (Å²) in [7, 11) is 0. The molecule has 9 aromatic rings. The number of allylic oxidation sites excluding steroid dienone is 1. The van der Waals surface area contributed by atoms with Gasteiger partial charge in [-0.1, -0.05) is 146 Å². The normalized spacial score (nSPS) is 14.0. The predicted molar refractivity (Wildman–Crippen MR) is 221 cm³/mol. The zero-order valence-electron chi connectivity index (χ0n) is 29.2. The van der Waals surface area contributed by atoms with Crippen LogP contribution in [0.1, 0.15) is 39.8 Å². The molecule has 0 radical (unpaired) electrons. The first-order valence-corrected chi connectivity index (χ1v) is 18.6. The fraction of sp³-hybridized carbons (Fsp3) is 0.0588. The number of hydrogen-bond donors (Lipinski definition) is 0. The summed E-state index contributed by atoms with van der Waals surface area (Å²) in [5.41, 5.74) is 15.2. The van der Waals surface area contributed by atoms with Gasteiger partial charge in [0, 0.05) is 27.5 Å². The summed E-state index contributed by atoms with van der Waals surface area (Å²) in [5, 5.41) is 4.77. The highest BCUT2D eigenvalue weighted by Gasteiger charge is 2.45. The summed E-state index contributed by atoms with van der Waals surface area (Å²) >= 11 is 0. The molecule has 11 rings (SSSR count). The van der Waals surface area contributed by atoms with Crippen LogP contribution in [0.2, 0.25) is 0 Å². The molecule has 2 aliphatic rings. The molecule has 0 spiro atoms. The van der Waals surface area contributed by atoms with E-state index in [1.807, 2.05) is 6.07 Å². The maximum atomic E-state index is 6.30. The van der Waals surface area contributed by atoms with E-state index in [0.29, 0.717) is 0 Å². The van der Waals surface area contributed by atoms with Gasteiger partial charge >= 0.3 is 0 Å². The number of nitrogens with zero attached hydrogens (tertiary/aromatic N) is 1. The van der Waals surface area contributed by atoms with Crippen molar-refractivity contribution >= 4 is 55.8 Å². The Morgan fingerprint density at radius 3 is 1.85 bits per heavy atom. The molecule has 0 saturated heterocycles. The highest BCUT2D eigenvalue weighted by molar-refractivity contribution is 6.08. The second-order valence-corrected chi connectivity index (χ2v) is 14.3. The smallest absolute Gasteiger partial charge is 0.135 e. The van der Waals surface area contributed by atoms with E-state index in [0.717, 1.165) is 46.2 Å². The Hall–Kier alpha value is -6.64. The third kappa shape index (κ3) is 4.39. The van der Waals surface area contributed by atoms with Crippen molar-refractivity contribution in [2.75, 3.05) is 4.90 Å². The largest absolute Gasteiger partial charge is 0.456 e. The summed E-state index contributed by atoms with van der Waals surface area (Å²) in [6, 6.07) is 64.6. The zero-order chi connectivity index (χ0) is 34.9. The molecule has 0 unspecified atom stereocenters. The number of furan rings is 1. The molecular weight excluding hydrogens is 643 g/mol. The van der Waals surface area contributed by atoms with Crippen LogP contribution >= 0.6 is 0 Å². The zero-order valence-corrected chi connectivity index (χ0v) is 29.2. The highest BCUT2D eigenvalue weighted by Crippen LogP contribution is 2.56. The van der Waals surface area contributed by atoms with E-state index in [4.69, 9.17) is 4.42 Å². The van der Waals surface area contributed by atoms with Crippen LogP contribution in [0.5, 0.6) is 0 Å². The molecule has 0 bridgehead atoms. The molecule has 0 saturated carbocycles. The van der Waals surface area contributed by atoms with Gasteiger partial charge in [-0.2, -0.15) is 0 Å². The number of hydrogen-bond acceptors (Lipinski definition) is 2. The molecule has 0 fully saturated rings. The lowest BCUT2D eigenvalue weighted by molar-refractivity contribution is 0.669. The standard InChI is InChI=1S/C51H35NO/c1-2-15-35(16-3-1)51(46-23-11-8-19-41(46)42-20-9-12-24-47(42)51)36-26-28-37(29-27-36)52(38-30-31-50-45(33-38)44-22-10-13-25-49(44)53-50)48-32-34-14-4-5-17-39(34)40-18-6-7-21-43(40)48/h1-3,5-13,15-33H,4,14H2. The van der Waals surface area contributed by atoms with Crippen molar-refractivity contribution in [3.63, 3.8) is 0 Å². The van der Waals surface area contributed by atoms with Crippen LogP contribution < -0.4 is 4.90 Å². The topological polar surface area (TPSA) is 16.4 Å². The molecule has 2 heteroatoms. The van der Waals surface area contributed by atoms with E-state index in [1.54, 1.807) is 0 Å². The average Bonchev–Trinajstić information content (AvgIpc) is 3.75. The summed E-state index contributed by atoms with van der Waals surface area (Å²) < 4.78 is 6.30. The molecule has 1 aromatic heterocycles. The number of para-hydroxylation sites is 1. The minimum atomic E-state index is -0.447. The van der Waals surface area contributed by atoms with Gasteiger partial charge in [-0.15, -0.1) is 0 Å². The van der Waals surface area contributed by atoms with Crippen LogP contribution in [-0.4, -0.2) is 0 Å². The van der Waals surface area contributed by atoms with E-state index < -0.39 is 5.41 Å². The number of anilines is 3. The van der Waals surface area contributed by atoms with Gasteiger partial charge in [0.2, 0.25) is 0 Å². The second-order valence-electron chi connectivity index (χ2n) is 14.3. The van der Waals surface area contributed by atoms with E-state index in [1.165, 1.54) is 61.0 Å². The van der Waals surface area contributed by atoms with Gasteiger partial charge in [0.05, 0.1) is 11.1 Å². The quantitative estimate of drug-likeness (QED) is 0.180. The van der Waals surface area contributed by atoms with Gasteiger partial charge < -0.3 is 9.32 Å². The lowest BCUT2D eigenvalue weighted by Gasteiger charge is -2.34. The van der Waals surface area contributed by atoms with Crippen molar-refractivity contribution in [1.29, 1.82) is 0 Å². The molecule has 8 aromatic carbocycles. The van der Waals surface area contributed by atoms with Gasteiger partial charge in [-0.3, -0.25) is 0 Å². The number of fused-ring (bicyclic) bond motifs is 9. The van der Waals surface area contributed by atoms with Crippen molar-refractivity contribution in [2.24, 2.45) is 0 Å². The summed E-state index contributed by atoms with van der Waals surface area (Å²) in [6.45, 7) is 0. The van der Waals surface area contributed by atoms with Crippen LogP contribution in [0.4, 0.5) is 17.1 Å². The minimum Gasteiger partial charge on any atom is -0.456 e. The first kappa shape index (κ1) is 30.0. The van der Waals surface area contributed by atoms with Gasteiger partial charge in [-0.05, 0) is 105 Å². The van der Waals surface area contributed by atoms with Crippen molar-refractivity contribution in [1.82, 2.24) is 0 Å². The Balaban J connectivity index is 1.16. The third-order valence-electron chi connectivity index (χ3n) is 11.6. The van der Waals surface area contributed by atoms with Gasteiger partial charge in [0.15, 0.2) is 0 Å². The van der Waals surface area contributed by atoms with E-state index in [2.05, 4.69) is 187 Å². The van der Waals surface area contributed by atoms with Crippen molar-refractivity contribution in [3.8, 4) is 11.1 Å². The van der Waals surface area contributed by atoms with Crippen molar-refractivity contribution < 1.29 is 4.42 Å². The molecule has 0 N–H and O–H groups in total. The van der Waals surface area contributed by atoms with Crippen LogP contribution in [0, 0.1) is 0 Å². The number of benzene rings is 8. The molecule has 0 atom stereocenters. The molecule has 0 amide bonds. The first-order chi connectivity index (χ1) is 26.3. The SMILES string of the molecule is C1=Cc2c(cc(N(c3ccc(C4(c5ccccc5)c5ccccc5-c5ccccc54)cc3)c3ccc4oc5ccccc5c4c3)c3ccccc23)CC1. The van der Waals surface area contributed by atoms with Gasteiger partial charge in [-0.25, -0.2) is 0 Å². The van der Waals surface area contributed by atoms with Crippen molar-refractivity contribution in [3.05, 3.63) is 215 Å². The van der Waals surface area contributed by atoms with Crippen LogP contribution in [0.3, 0.4) is 0 Å². The maximum absolute atomic E-state index is 6.30. The van der Waals surface area contributed by atoms with Crippen LogP contribution in [0.25, 0.3) is 49.9 Å². The maximum Gasteiger partial charge on any atom is 0.135 e. The number of rotatable bonds is 5. The van der Waals surface area contributed by atoms with Crippen LogP contribution in [-0.2, 0) is 11.8 Å². The molecular formula is C51H35NO. The lowest BCUT2D eigenvalue weighted by atomic mass is 9.68. The molecule has 2 aliphatic carbocycles. The Morgan fingerprint density at radius 2 is 1.08 bits per heavy atom. The molecule has 0 aliphatic heterocycles. The van der Waals surface area contributed by atoms with Crippen LogP contribution in [0.15, 0.2) is 186 Å². The Kier molecular flexibility index (Phi) is 6.63. The first-order valence-electron chi connectivity index (χ1n) is 18.6. The summed E-state index contributed by atoms with van der Waals surface area (Å²) in [6.07, 6.45) is 6.70. The fourth-order valence-electron chi connectivity index (χ4n) is 9.32. The Labute approximate surface area is 308 Å². The van der Waals surface area contributed by atoms with E-state index >= 15 is 0 Å². The molecule has 2 nitrogen and oxygen atoms in total. The van der Waals surface area contributed by atoms with E-state index in [-0.39, 0.29) is 0 Å². The minimum absolute atomic E-state index is 0.447. The Bertz CT molecular complexity index is 2850. The van der Waals surface area contributed by atoms with E-state index in [9.17, 15) is 0 Å². The fourth-order valence-corrected chi connectivity index (χ4v) is 9.32.